The molecule has 1 aliphatic heterocycles. The van der Waals surface area contributed by atoms with Gasteiger partial charge in [0.25, 0.3) is 0 Å². The first-order valence-electron chi connectivity index (χ1n) is 5.90. The quantitative estimate of drug-likeness (QED) is 0.613. The van der Waals surface area contributed by atoms with E-state index >= 15 is 0 Å². The van der Waals surface area contributed by atoms with Gasteiger partial charge in [-0.25, -0.2) is 4.79 Å². The molecule has 19 heavy (non-hydrogen) atoms. The lowest BCUT2D eigenvalue weighted by molar-refractivity contribution is -0.150. The van der Waals surface area contributed by atoms with E-state index in [4.69, 9.17) is 9.84 Å². The van der Waals surface area contributed by atoms with Gasteiger partial charge in [-0.05, 0) is 5.41 Å². The molecule has 0 spiro atoms. The number of rotatable bonds is 4. The van der Waals surface area contributed by atoms with Crippen molar-refractivity contribution in [3.05, 3.63) is 0 Å². The van der Waals surface area contributed by atoms with Crippen molar-refractivity contribution in [1.82, 2.24) is 4.90 Å². The van der Waals surface area contributed by atoms with Gasteiger partial charge in [0.05, 0.1) is 18.9 Å². The first kappa shape index (κ1) is 15.8. The number of hydrogen-bond acceptors (Lipinski definition) is 5. The first-order valence-corrected chi connectivity index (χ1v) is 6.84. The number of ether oxygens (including phenoxy) is 1. The number of esters is 1. The van der Waals surface area contributed by atoms with Gasteiger partial charge in [-0.15, -0.1) is 11.8 Å². The highest BCUT2D eigenvalue weighted by atomic mass is 32.2. The van der Waals surface area contributed by atoms with Crippen molar-refractivity contribution in [3.8, 4) is 0 Å². The SMILES string of the molecule is COC(=O)[C@@H]1[C@@H](CC(=O)O)S[C@H](C(C)(C)C)N1C=O. The standard InChI is InChI=1S/C12H19NO5S/c1-12(2,3)11-13(6-14)9(10(17)18-4)7(19-11)5-8(15)16/h6-7,9,11H,5H2,1-4H3,(H,15,16)/t7-,9+,11-/m1/s1. The molecule has 1 heterocycles. The molecule has 1 rings (SSSR count). The monoisotopic (exact) mass is 289 g/mol. The predicted octanol–water partition coefficient (Wildman–Crippen LogP) is 0.949. The molecule has 0 bridgehead atoms. The van der Waals surface area contributed by atoms with Crippen LogP contribution >= 0.6 is 11.8 Å². The van der Waals surface area contributed by atoms with Crippen LogP contribution in [0.3, 0.4) is 0 Å². The molecule has 1 aliphatic rings. The van der Waals surface area contributed by atoms with E-state index in [-0.39, 0.29) is 17.2 Å². The molecular formula is C12H19NO5S. The topological polar surface area (TPSA) is 83.9 Å². The summed E-state index contributed by atoms with van der Waals surface area (Å²) in [6.07, 6.45) is 0.424. The van der Waals surface area contributed by atoms with Crippen LogP contribution in [0, 0.1) is 5.41 Å². The van der Waals surface area contributed by atoms with Gasteiger partial charge in [0.15, 0.2) is 0 Å². The smallest absolute Gasteiger partial charge is 0.329 e. The summed E-state index contributed by atoms with van der Waals surface area (Å²) in [5.74, 6) is -1.57. The number of hydrogen-bond donors (Lipinski definition) is 1. The number of aliphatic carboxylic acids is 1. The fourth-order valence-corrected chi connectivity index (χ4v) is 3.85. The zero-order chi connectivity index (χ0) is 14.8. The Morgan fingerprint density at radius 2 is 2.00 bits per heavy atom. The predicted molar refractivity (Wildman–Crippen MR) is 70.6 cm³/mol. The molecule has 108 valence electrons. The highest BCUT2D eigenvalue weighted by molar-refractivity contribution is 8.00. The summed E-state index contributed by atoms with van der Waals surface area (Å²) in [7, 11) is 1.23. The molecule has 0 aromatic heterocycles. The van der Waals surface area contributed by atoms with Crippen molar-refractivity contribution >= 4 is 30.1 Å². The largest absolute Gasteiger partial charge is 0.481 e. The molecule has 0 saturated carbocycles. The van der Waals surface area contributed by atoms with Crippen molar-refractivity contribution < 1.29 is 24.2 Å². The highest BCUT2D eigenvalue weighted by Crippen LogP contribution is 2.45. The summed E-state index contributed by atoms with van der Waals surface area (Å²) in [6.45, 7) is 5.83. The number of carbonyl (C=O) groups is 3. The fourth-order valence-electron chi connectivity index (χ4n) is 2.15. The van der Waals surface area contributed by atoms with Crippen molar-refractivity contribution in [3.63, 3.8) is 0 Å². The van der Waals surface area contributed by atoms with E-state index in [9.17, 15) is 14.4 Å². The van der Waals surface area contributed by atoms with Crippen LogP contribution in [0.1, 0.15) is 27.2 Å². The Bertz CT molecular complexity index is 379. The van der Waals surface area contributed by atoms with Crippen molar-refractivity contribution in [2.45, 2.75) is 43.9 Å². The van der Waals surface area contributed by atoms with E-state index in [2.05, 4.69) is 0 Å². The molecule has 0 radical (unpaired) electrons. The lowest BCUT2D eigenvalue weighted by Gasteiger charge is -2.33. The van der Waals surface area contributed by atoms with Crippen LogP contribution in [0.5, 0.6) is 0 Å². The maximum absolute atomic E-state index is 11.8. The second-order valence-electron chi connectivity index (χ2n) is 5.51. The van der Waals surface area contributed by atoms with Crippen molar-refractivity contribution in [2.24, 2.45) is 5.41 Å². The molecule has 0 aromatic carbocycles. The third-order valence-corrected chi connectivity index (χ3v) is 4.91. The maximum atomic E-state index is 11.8. The first-order chi connectivity index (χ1) is 8.72. The summed E-state index contributed by atoms with van der Waals surface area (Å²) in [5, 5.41) is 8.18. The minimum absolute atomic E-state index is 0.179. The maximum Gasteiger partial charge on any atom is 0.329 e. The van der Waals surface area contributed by atoms with Crippen LogP contribution in [0.2, 0.25) is 0 Å². The van der Waals surface area contributed by atoms with Crippen LogP contribution in [-0.2, 0) is 19.1 Å². The minimum Gasteiger partial charge on any atom is -0.481 e. The Morgan fingerprint density at radius 1 is 1.42 bits per heavy atom. The molecule has 3 atom stereocenters. The Kier molecular flexibility index (Phi) is 4.84. The molecule has 7 heteroatoms. The molecule has 0 aromatic rings. The van der Waals surface area contributed by atoms with Gasteiger partial charge < -0.3 is 14.7 Å². The van der Waals surface area contributed by atoms with Crippen molar-refractivity contribution in [1.29, 1.82) is 0 Å². The van der Waals surface area contributed by atoms with Gasteiger partial charge >= 0.3 is 11.9 Å². The molecule has 1 saturated heterocycles. The number of carboxylic acid groups (broad SMARTS) is 1. The number of carbonyl (C=O) groups excluding carboxylic acids is 2. The summed E-state index contributed by atoms with van der Waals surface area (Å²) in [4.78, 5) is 35.4. The van der Waals surface area contributed by atoms with Gasteiger partial charge in [-0.1, -0.05) is 20.8 Å². The molecule has 1 N–H and O–H groups in total. The van der Waals surface area contributed by atoms with Gasteiger partial charge in [-0.2, -0.15) is 0 Å². The molecule has 0 aliphatic carbocycles. The number of nitrogens with zero attached hydrogens (tertiary/aromatic N) is 1. The van der Waals surface area contributed by atoms with Crippen LogP contribution in [0.15, 0.2) is 0 Å². The van der Waals surface area contributed by atoms with Gasteiger partial charge in [-0.3, -0.25) is 9.59 Å². The summed E-state index contributed by atoms with van der Waals surface area (Å²) in [5.41, 5.74) is -0.259. The average molecular weight is 289 g/mol. The molecule has 6 nitrogen and oxygen atoms in total. The third-order valence-electron chi connectivity index (χ3n) is 2.93. The third kappa shape index (κ3) is 3.40. The Labute approximate surface area is 116 Å². The summed E-state index contributed by atoms with van der Waals surface area (Å²) < 4.78 is 4.69. The Morgan fingerprint density at radius 3 is 2.37 bits per heavy atom. The van der Waals surface area contributed by atoms with E-state index in [1.807, 2.05) is 20.8 Å². The zero-order valence-corrected chi connectivity index (χ0v) is 12.3. The van der Waals surface area contributed by atoms with E-state index in [1.165, 1.54) is 23.8 Å². The van der Waals surface area contributed by atoms with Crippen LogP contribution in [-0.4, -0.2) is 52.1 Å². The van der Waals surface area contributed by atoms with Gasteiger partial charge in [0.1, 0.15) is 6.04 Å². The molecular weight excluding hydrogens is 270 g/mol. The summed E-state index contributed by atoms with van der Waals surface area (Å²) >= 11 is 1.34. The number of thioether (sulfide) groups is 1. The molecule has 1 fully saturated rings. The average Bonchev–Trinajstić information content (AvgIpc) is 2.65. The van der Waals surface area contributed by atoms with Gasteiger partial charge in [0.2, 0.25) is 6.41 Å². The lowest BCUT2D eigenvalue weighted by Crippen LogP contribution is -2.47. The van der Waals surface area contributed by atoms with Crippen LogP contribution in [0.4, 0.5) is 0 Å². The number of carboxylic acids is 1. The number of amides is 1. The van der Waals surface area contributed by atoms with Crippen LogP contribution < -0.4 is 0 Å². The normalized spacial score (nSPS) is 27.2. The van der Waals surface area contributed by atoms with Crippen LogP contribution in [0.25, 0.3) is 0 Å². The summed E-state index contributed by atoms with van der Waals surface area (Å²) in [6, 6.07) is -0.840. The zero-order valence-electron chi connectivity index (χ0n) is 11.5. The fraction of sp³-hybridized carbons (Fsp3) is 0.750. The second-order valence-corrected chi connectivity index (χ2v) is 6.84. The van der Waals surface area contributed by atoms with E-state index in [1.54, 1.807) is 0 Å². The lowest BCUT2D eigenvalue weighted by atomic mass is 9.94. The highest BCUT2D eigenvalue weighted by Gasteiger charge is 2.50. The van der Waals surface area contributed by atoms with Gasteiger partial charge in [0, 0.05) is 5.25 Å². The Balaban J connectivity index is 3.08. The van der Waals surface area contributed by atoms with E-state index < -0.39 is 23.2 Å². The number of methoxy groups -OCH3 is 1. The van der Waals surface area contributed by atoms with E-state index in [0.29, 0.717) is 6.41 Å². The minimum atomic E-state index is -0.994. The molecule has 1 amide bonds. The Hall–Kier alpha value is -1.24. The second kappa shape index (κ2) is 5.81. The molecule has 0 unspecified atom stereocenters. The van der Waals surface area contributed by atoms with E-state index in [0.717, 1.165) is 0 Å². The van der Waals surface area contributed by atoms with Crippen molar-refractivity contribution in [2.75, 3.05) is 7.11 Å².